The lowest BCUT2D eigenvalue weighted by atomic mass is 10.6. The summed E-state index contributed by atoms with van der Waals surface area (Å²) in [6, 6.07) is 0. The lowest BCUT2D eigenvalue weighted by Crippen LogP contribution is -1.80. The van der Waals surface area contributed by atoms with Crippen LogP contribution < -0.4 is 0 Å². The molecule has 0 aromatic carbocycles. The second kappa shape index (κ2) is 20.8. The van der Waals surface area contributed by atoms with Gasteiger partial charge in [-0.3, -0.25) is 0 Å². The zero-order chi connectivity index (χ0) is 34.2. The summed E-state index contributed by atoms with van der Waals surface area (Å²) in [6.45, 7) is 0. The normalized spacial score (nSPS) is 25.7. The molecule has 8 rings (SSSR count). The van der Waals surface area contributed by atoms with Gasteiger partial charge in [0, 0.05) is 41.7 Å². The maximum Gasteiger partial charge on any atom is 0.0717 e. The van der Waals surface area contributed by atoms with Gasteiger partial charge in [0.05, 0.1) is 67.8 Å². The third-order valence-electron chi connectivity index (χ3n) is 6.11. The molecule has 0 aromatic rings. The average molecular weight is 1100 g/mol. The summed E-state index contributed by atoms with van der Waals surface area (Å²) in [6.07, 6.45) is 4.40. The van der Waals surface area contributed by atoms with Crippen molar-refractivity contribution >= 4 is 284 Å². The van der Waals surface area contributed by atoms with Gasteiger partial charge in [0.1, 0.15) is 0 Å². The topological polar surface area (TPSA) is 0 Å². The van der Waals surface area contributed by atoms with E-state index in [1.54, 1.807) is 0 Å². The molecule has 268 valence electrons. The first-order valence-corrected chi connectivity index (χ1v) is 35.1. The Labute approximate surface area is 399 Å². The Hall–Kier alpha value is 6.06. The van der Waals surface area contributed by atoms with Gasteiger partial charge < -0.3 is 0 Å². The second-order valence-electron chi connectivity index (χ2n) is 9.02. The lowest BCUT2D eigenvalue weighted by molar-refractivity contribution is 1.61. The van der Waals surface area contributed by atoms with Crippen LogP contribution >= 0.6 is 284 Å². The first-order chi connectivity index (χ1) is 24.5. The monoisotopic (exact) mass is 1100 g/mol. The lowest BCUT2D eigenvalue weighted by Gasteiger charge is -2.09. The van der Waals surface area contributed by atoms with E-state index in [-0.39, 0.29) is 0 Å². The van der Waals surface area contributed by atoms with Crippen molar-refractivity contribution in [2.45, 2.75) is 0 Å². The molecule has 0 saturated carbocycles. The molecule has 0 amide bonds. The summed E-state index contributed by atoms with van der Waals surface area (Å²) in [4.78, 5) is 2.74. The Morgan fingerprint density at radius 2 is 0.560 bits per heavy atom. The van der Waals surface area contributed by atoms with E-state index in [1.165, 1.54) is 77.6 Å². The van der Waals surface area contributed by atoms with Gasteiger partial charge in [-0.15, -0.1) is 118 Å². The van der Waals surface area contributed by atoms with Crippen molar-refractivity contribution in [3.63, 3.8) is 0 Å². The van der Waals surface area contributed by atoms with Crippen LogP contribution in [0.25, 0.3) is 0 Å². The van der Waals surface area contributed by atoms with Gasteiger partial charge in [-0.1, -0.05) is 141 Å². The van der Waals surface area contributed by atoms with Crippen molar-refractivity contribution < 1.29 is 0 Å². The van der Waals surface area contributed by atoms with Crippen LogP contribution in [-0.4, -0.2) is 44.4 Å². The van der Waals surface area contributed by atoms with Gasteiger partial charge in [0.15, 0.2) is 0 Å². The Morgan fingerprint density at radius 3 is 0.780 bits per heavy atom. The van der Waals surface area contributed by atoms with Gasteiger partial charge in [-0.2, -0.15) is 25.3 Å². The summed E-state index contributed by atoms with van der Waals surface area (Å²) in [5.74, 6) is 1.60. The zero-order valence-corrected chi connectivity index (χ0v) is 44.9. The summed E-state index contributed by atoms with van der Waals surface area (Å²) in [5.41, 5.74) is 0. The fourth-order valence-corrected chi connectivity index (χ4v) is 38.8. The highest BCUT2D eigenvalue weighted by Crippen LogP contribution is 2.71. The van der Waals surface area contributed by atoms with Crippen LogP contribution in [0, 0.1) is 0 Å². The number of thioether (sulfide) groups is 22. The third-order valence-corrected chi connectivity index (χ3v) is 39.3. The fourth-order valence-electron chi connectivity index (χ4n) is 3.97. The van der Waals surface area contributed by atoms with Crippen LogP contribution in [0.1, 0.15) is 0 Å². The van der Waals surface area contributed by atoms with Crippen molar-refractivity contribution in [2.75, 3.05) is 44.4 Å². The molecular formula is C26H20S24. The maximum absolute atomic E-state index is 4.57. The van der Waals surface area contributed by atoms with Crippen LogP contribution in [-0.2, 0) is 0 Å². The van der Waals surface area contributed by atoms with Gasteiger partial charge in [-0.05, 0) is 12.5 Å². The molecule has 0 nitrogen and oxygen atoms in total. The highest BCUT2D eigenvalue weighted by Gasteiger charge is 2.35. The van der Waals surface area contributed by atoms with E-state index in [9.17, 15) is 0 Å². The Morgan fingerprint density at radius 1 is 0.340 bits per heavy atom. The predicted molar refractivity (Wildman–Crippen MR) is 289 cm³/mol. The molecule has 0 aliphatic carbocycles. The number of rotatable bonds is 4. The summed E-state index contributed by atoms with van der Waals surface area (Å²) >= 11 is 53.1. The standard InChI is InChI=1S/C26H20S24/c1-29-11-12(30-2)42-23(41-11)24-45-15-16(46-24)34-8-38-20-19(37-7-33-15)49-26(50-20)25-47-17-18(48-25)36-6-32-14-13(31-5-35-17)43-22(44-14)21-39-9(3-27)10(4-28)40-21/h27-28H,3-8H2,1-2H3. The molecular weight excluding hydrogens is 1080 g/mol. The van der Waals surface area contributed by atoms with Crippen LogP contribution in [0.2, 0.25) is 0 Å². The van der Waals surface area contributed by atoms with Crippen molar-refractivity contribution in [1.82, 2.24) is 0 Å². The second-order valence-corrected chi connectivity index (χ2v) is 37.2. The molecule has 0 aromatic heterocycles. The summed E-state index contributed by atoms with van der Waals surface area (Å²) < 4.78 is 23.7. The van der Waals surface area contributed by atoms with Crippen molar-refractivity contribution in [1.29, 1.82) is 0 Å². The largest absolute Gasteiger partial charge is 0.174 e. The molecule has 24 heteroatoms. The fraction of sp³-hybridized carbons (Fsp3) is 0.308. The van der Waals surface area contributed by atoms with E-state index in [4.69, 9.17) is 0 Å². The van der Waals surface area contributed by atoms with Gasteiger partial charge in [0.2, 0.25) is 0 Å². The zero-order valence-electron chi connectivity index (χ0n) is 25.1. The van der Waals surface area contributed by atoms with Crippen LogP contribution in [0.5, 0.6) is 0 Å². The molecule has 8 aliphatic heterocycles. The SMILES string of the molecule is CSC1=C(SC)SC(=C2SC3=C(SCSC4=C(SCS3)SC(=C3SC5=C(SCSC6=C(SCS5)SC(=C5SC(CS)=C(CS)S5)S6)S3)S4)S2)S1. The molecule has 8 aliphatic rings. The minimum atomic E-state index is 0.798. The Balaban J connectivity index is 0.855. The Bertz CT molecular complexity index is 1520. The summed E-state index contributed by atoms with van der Waals surface area (Å²) in [5, 5.41) is 4.25. The molecule has 0 fully saturated rings. The van der Waals surface area contributed by atoms with E-state index in [0.29, 0.717) is 0 Å². The minimum Gasteiger partial charge on any atom is -0.174 e. The average Bonchev–Trinajstić information content (AvgIpc) is 3.97. The number of hydrogen-bond acceptors (Lipinski definition) is 24. The molecule has 0 saturated heterocycles. The highest BCUT2D eigenvalue weighted by molar-refractivity contribution is 8.50. The van der Waals surface area contributed by atoms with Gasteiger partial charge in [0.25, 0.3) is 0 Å². The molecule has 0 unspecified atom stereocenters. The van der Waals surface area contributed by atoms with E-state index >= 15 is 0 Å². The smallest absolute Gasteiger partial charge is 0.0717 e. The predicted octanol–water partition coefficient (Wildman–Crippen LogP) is 18.4. The van der Waals surface area contributed by atoms with Gasteiger partial charge in [-0.25, -0.2) is 0 Å². The molecule has 0 radical (unpaired) electrons. The van der Waals surface area contributed by atoms with E-state index in [1.807, 2.05) is 259 Å². The number of thiol groups is 2. The maximum atomic E-state index is 4.57. The molecule has 0 atom stereocenters. The highest BCUT2D eigenvalue weighted by atomic mass is 32.3. The molecule has 0 bridgehead atoms. The quantitative estimate of drug-likeness (QED) is 0.256. The molecule has 8 heterocycles. The van der Waals surface area contributed by atoms with E-state index < -0.39 is 0 Å². The van der Waals surface area contributed by atoms with Crippen molar-refractivity contribution in [3.05, 3.63) is 77.6 Å². The molecule has 0 N–H and O–H groups in total. The first kappa shape index (κ1) is 42.7. The molecule has 0 spiro atoms. The third kappa shape index (κ3) is 10.2. The van der Waals surface area contributed by atoms with Crippen molar-refractivity contribution in [3.8, 4) is 0 Å². The minimum absolute atomic E-state index is 0.798. The van der Waals surface area contributed by atoms with Crippen LogP contribution in [0.3, 0.4) is 0 Å². The molecule has 50 heavy (non-hydrogen) atoms. The number of hydrogen-bond donors (Lipinski definition) is 2. The van der Waals surface area contributed by atoms with E-state index in [2.05, 4.69) is 37.8 Å². The van der Waals surface area contributed by atoms with E-state index in [0.717, 1.165) is 31.8 Å². The first-order valence-electron chi connectivity index (χ1n) is 13.7. The van der Waals surface area contributed by atoms with Gasteiger partial charge >= 0.3 is 0 Å². The van der Waals surface area contributed by atoms with Crippen LogP contribution in [0.15, 0.2) is 77.6 Å². The summed E-state index contributed by atoms with van der Waals surface area (Å²) in [7, 11) is 0. The Kier molecular flexibility index (Phi) is 17.7. The van der Waals surface area contributed by atoms with Crippen LogP contribution in [0.4, 0.5) is 0 Å². The van der Waals surface area contributed by atoms with Crippen molar-refractivity contribution in [2.24, 2.45) is 0 Å².